The molecule has 126 valence electrons. The summed E-state index contributed by atoms with van der Waals surface area (Å²) >= 11 is 12.4. The number of aryl methyl sites for hydroxylation is 1. The van der Waals surface area contributed by atoms with E-state index in [1.54, 1.807) is 6.08 Å². The lowest BCUT2D eigenvalue weighted by Gasteiger charge is -2.10. The van der Waals surface area contributed by atoms with Crippen molar-refractivity contribution in [1.82, 2.24) is 15.1 Å². The fraction of sp³-hybridized carbons (Fsp3) is 0.294. The Balaban J connectivity index is 2.06. The zero-order chi connectivity index (χ0) is 17.3. The van der Waals surface area contributed by atoms with Crippen molar-refractivity contribution in [2.45, 2.75) is 25.7 Å². The van der Waals surface area contributed by atoms with E-state index in [9.17, 15) is 9.18 Å². The molecule has 1 aromatic heterocycles. The predicted molar refractivity (Wildman–Crippen MR) is 92.7 cm³/mol. The lowest BCUT2D eigenvalue weighted by Crippen LogP contribution is -2.24. The summed E-state index contributed by atoms with van der Waals surface area (Å²) in [5.74, 6) is -0.990. The van der Waals surface area contributed by atoms with Crippen LogP contribution in [0.25, 0.3) is 5.69 Å². The van der Waals surface area contributed by atoms with E-state index in [0.717, 1.165) is 43.0 Å². The second-order valence-corrected chi connectivity index (χ2v) is 6.38. The first-order chi connectivity index (χ1) is 11.5. The Kier molecular flexibility index (Phi) is 4.92. The number of carbonyl (C=O) groups is 1. The summed E-state index contributed by atoms with van der Waals surface area (Å²) in [6.45, 7) is 3.83. The van der Waals surface area contributed by atoms with Gasteiger partial charge in [-0.25, -0.2) is 9.07 Å². The molecule has 0 fully saturated rings. The summed E-state index contributed by atoms with van der Waals surface area (Å²) in [7, 11) is 0. The quantitative estimate of drug-likeness (QED) is 0.826. The smallest absolute Gasteiger partial charge is 0.253 e. The monoisotopic (exact) mass is 367 g/mol. The third kappa shape index (κ3) is 3.06. The second kappa shape index (κ2) is 6.95. The molecule has 24 heavy (non-hydrogen) atoms. The fourth-order valence-corrected chi connectivity index (χ4v) is 3.38. The van der Waals surface area contributed by atoms with Crippen molar-refractivity contribution in [3.8, 4) is 5.69 Å². The van der Waals surface area contributed by atoms with Gasteiger partial charge in [0.1, 0.15) is 16.7 Å². The summed E-state index contributed by atoms with van der Waals surface area (Å²) < 4.78 is 15.8. The van der Waals surface area contributed by atoms with Gasteiger partial charge >= 0.3 is 0 Å². The molecule has 2 aromatic rings. The van der Waals surface area contributed by atoms with Crippen LogP contribution in [0, 0.1) is 5.82 Å². The molecule has 3 rings (SSSR count). The molecule has 0 unspecified atom stereocenters. The Hall–Kier alpha value is -1.85. The molecule has 1 amide bonds. The Bertz CT molecular complexity index is 817. The van der Waals surface area contributed by atoms with E-state index in [0.29, 0.717) is 11.7 Å². The minimum Gasteiger partial charge on any atom is -0.349 e. The van der Waals surface area contributed by atoms with Crippen LogP contribution >= 0.6 is 23.2 Å². The van der Waals surface area contributed by atoms with Crippen molar-refractivity contribution in [2.24, 2.45) is 0 Å². The summed E-state index contributed by atoms with van der Waals surface area (Å²) in [6.07, 6.45) is 5.28. The van der Waals surface area contributed by atoms with Gasteiger partial charge in [0.05, 0.1) is 16.3 Å². The molecule has 0 saturated heterocycles. The normalized spacial score (nSPS) is 13.5. The van der Waals surface area contributed by atoms with Crippen LogP contribution in [0.15, 0.2) is 24.8 Å². The van der Waals surface area contributed by atoms with Crippen LogP contribution in [-0.4, -0.2) is 22.2 Å². The first-order valence-corrected chi connectivity index (χ1v) is 8.43. The minimum atomic E-state index is -0.581. The van der Waals surface area contributed by atoms with E-state index in [-0.39, 0.29) is 16.3 Å². The van der Waals surface area contributed by atoms with E-state index in [2.05, 4.69) is 17.0 Å². The van der Waals surface area contributed by atoms with Gasteiger partial charge in [0.15, 0.2) is 0 Å². The predicted octanol–water partition coefficient (Wildman–Crippen LogP) is 4.11. The molecule has 1 heterocycles. The van der Waals surface area contributed by atoms with Crippen molar-refractivity contribution < 1.29 is 9.18 Å². The molecule has 1 aromatic carbocycles. The zero-order valence-corrected chi connectivity index (χ0v) is 14.4. The highest BCUT2D eigenvalue weighted by Crippen LogP contribution is 2.32. The average Bonchev–Trinajstić information content (AvgIpc) is 2.90. The van der Waals surface area contributed by atoms with Crippen molar-refractivity contribution >= 4 is 29.1 Å². The molecule has 4 nitrogen and oxygen atoms in total. The highest BCUT2D eigenvalue weighted by atomic mass is 35.5. The van der Waals surface area contributed by atoms with Gasteiger partial charge in [-0.3, -0.25) is 4.79 Å². The maximum Gasteiger partial charge on any atom is 0.253 e. The van der Waals surface area contributed by atoms with Crippen LogP contribution in [0.2, 0.25) is 10.2 Å². The van der Waals surface area contributed by atoms with Gasteiger partial charge in [-0.15, -0.1) is 6.58 Å². The number of benzene rings is 1. The average molecular weight is 368 g/mol. The Labute approximate surface area is 149 Å². The number of carbonyl (C=O) groups excluding carboxylic acids is 1. The topological polar surface area (TPSA) is 46.9 Å². The van der Waals surface area contributed by atoms with Crippen molar-refractivity contribution in [3.05, 3.63) is 57.6 Å². The number of hydrogen-bond donors (Lipinski definition) is 1. The molecule has 1 N–H and O–H groups in total. The van der Waals surface area contributed by atoms with Gasteiger partial charge in [0, 0.05) is 12.1 Å². The second-order valence-electron chi connectivity index (χ2n) is 5.62. The lowest BCUT2D eigenvalue weighted by molar-refractivity contribution is 0.0958. The van der Waals surface area contributed by atoms with E-state index >= 15 is 0 Å². The SMILES string of the molecule is C=CCNC(=O)c1cc(-n2nc3c(c2Cl)CCCC3)c(F)cc1Cl. The maximum absolute atomic E-state index is 14.4. The van der Waals surface area contributed by atoms with Gasteiger partial charge in [-0.2, -0.15) is 5.10 Å². The van der Waals surface area contributed by atoms with Crippen LogP contribution in [0.5, 0.6) is 0 Å². The summed E-state index contributed by atoms with van der Waals surface area (Å²) in [4.78, 5) is 12.2. The molecule has 0 atom stereocenters. The van der Waals surface area contributed by atoms with Gasteiger partial charge in [-0.05, 0) is 37.8 Å². The highest BCUT2D eigenvalue weighted by Gasteiger charge is 2.23. The van der Waals surface area contributed by atoms with Crippen molar-refractivity contribution in [1.29, 1.82) is 0 Å². The van der Waals surface area contributed by atoms with Crippen LogP contribution in [-0.2, 0) is 12.8 Å². The van der Waals surface area contributed by atoms with Crippen molar-refractivity contribution in [2.75, 3.05) is 6.54 Å². The highest BCUT2D eigenvalue weighted by molar-refractivity contribution is 6.34. The summed E-state index contributed by atoms with van der Waals surface area (Å²) in [6, 6.07) is 2.48. The Morgan fingerprint density at radius 3 is 2.83 bits per heavy atom. The largest absolute Gasteiger partial charge is 0.349 e. The van der Waals surface area contributed by atoms with Crippen LogP contribution in [0.1, 0.15) is 34.5 Å². The van der Waals surface area contributed by atoms with Gasteiger partial charge in [-0.1, -0.05) is 29.3 Å². The third-order valence-electron chi connectivity index (χ3n) is 4.01. The van der Waals surface area contributed by atoms with Crippen molar-refractivity contribution in [3.63, 3.8) is 0 Å². The summed E-state index contributed by atoms with van der Waals surface area (Å²) in [5, 5.41) is 7.48. The number of nitrogens with one attached hydrogen (secondary N) is 1. The number of rotatable bonds is 4. The molecular formula is C17H16Cl2FN3O. The molecular weight excluding hydrogens is 352 g/mol. The molecule has 0 aliphatic heterocycles. The van der Waals surface area contributed by atoms with E-state index < -0.39 is 11.7 Å². The van der Waals surface area contributed by atoms with Crippen LogP contribution in [0.4, 0.5) is 4.39 Å². The van der Waals surface area contributed by atoms with Crippen LogP contribution in [0.3, 0.4) is 0 Å². The number of aromatic nitrogens is 2. The molecule has 0 radical (unpaired) electrons. The standard InChI is InChI=1S/C17H16Cl2FN3O/c1-2-7-21-17(24)11-8-15(13(20)9-12(11)18)23-16(19)10-5-3-4-6-14(10)22-23/h2,8-9H,1,3-7H2,(H,21,24). The molecule has 0 saturated carbocycles. The van der Waals surface area contributed by atoms with E-state index in [1.165, 1.54) is 10.7 Å². The number of amides is 1. The van der Waals surface area contributed by atoms with Crippen LogP contribution < -0.4 is 5.32 Å². The number of hydrogen-bond acceptors (Lipinski definition) is 2. The third-order valence-corrected chi connectivity index (χ3v) is 4.71. The molecule has 1 aliphatic rings. The number of fused-ring (bicyclic) bond motifs is 1. The first kappa shape index (κ1) is 17.0. The molecule has 7 heteroatoms. The van der Waals surface area contributed by atoms with E-state index in [4.69, 9.17) is 23.2 Å². The molecule has 0 spiro atoms. The zero-order valence-electron chi connectivity index (χ0n) is 12.9. The van der Waals surface area contributed by atoms with Gasteiger partial charge in [0.2, 0.25) is 0 Å². The minimum absolute atomic E-state index is 0.0332. The lowest BCUT2D eigenvalue weighted by atomic mass is 9.98. The van der Waals surface area contributed by atoms with E-state index in [1.807, 2.05) is 0 Å². The summed E-state index contributed by atoms with van der Waals surface area (Å²) in [5.41, 5.74) is 2.12. The number of halogens is 3. The Morgan fingerprint density at radius 2 is 2.12 bits per heavy atom. The fourth-order valence-electron chi connectivity index (χ4n) is 2.81. The maximum atomic E-state index is 14.4. The van der Waals surface area contributed by atoms with Gasteiger partial charge in [0.25, 0.3) is 5.91 Å². The molecule has 0 bridgehead atoms. The Morgan fingerprint density at radius 1 is 1.38 bits per heavy atom. The van der Waals surface area contributed by atoms with Gasteiger partial charge < -0.3 is 5.32 Å². The first-order valence-electron chi connectivity index (χ1n) is 7.67. The number of nitrogens with zero attached hydrogens (tertiary/aromatic N) is 2. The molecule has 1 aliphatic carbocycles.